The molecule has 1 aromatic carbocycles. The van der Waals surface area contributed by atoms with Crippen molar-refractivity contribution >= 4 is 35.8 Å². The first-order valence-corrected chi connectivity index (χ1v) is 10.2. The number of amides is 1. The maximum absolute atomic E-state index is 11.8. The molecule has 1 saturated heterocycles. The van der Waals surface area contributed by atoms with Crippen LogP contribution in [0.15, 0.2) is 29.3 Å². The van der Waals surface area contributed by atoms with Crippen LogP contribution in [-0.2, 0) is 6.54 Å². The van der Waals surface area contributed by atoms with Crippen molar-refractivity contribution < 1.29 is 4.79 Å². The summed E-state index contributed by atoms with van der Waals surface area (Å²) in [6.45, 7) is 8.69. The number of carbonyl (C=O) groups excluding carboxylic acids is 1. The van der Waals surface area contributed by atoms with Gasteiger partial charge in [-0.15, -0.1) is 24.0 Å². The van der Waals surface area contributed by atoms with Crippen molar-refractivity contribution in [1.29, 1.82) is 0 Å². The summed E-state index contributed by atoms with van der Waals surface area (Å²) in [5, 5.41) is 9.56. The van der Waals surface area contributed by atoms with E-state index in [0.717, 1.165) is 30.7 Å². The molecule has 1 aliphatic heterocycles. The number of carbonyl (C=O) groups is 1. The molecule has 6 nitrogen and oxygen atoms in total. The van der Waals surface area contributed by atoms with Crippen molar-refractivity contribution in [3.8, 4) is 0 Å². The Bertz CT molecular complexity index is 605. The number of rotatable bonds is 8. The van der Waals surface area contributed by atoms with Gasteiger partial charge in [0.15, 0.2) is 5.96 Å². The summed E-state index contributed by atoms with van der Waals surface area (Å²) in [7, 11) is 1.79. The highest BCUT2D eigenvalue weighted by atomic mass is 127. The predicted molar refractivity (Wildman–Crippen MR) is 128 cm³/mol. The average molecular weight is 501 g/mol. The molecule has 1 amide bonds. The number of nitrogens with zero attached hydrogens (tertiary/aromatic N) is 2. The molecule has 1 unspecified atom stereocenters. The van der Waals surface area contributed by atoms with Crippen LogP contribution < -0.4 is 16.0 Å². The first kappa shape index (κ1) is 24.7. The van der Waals surface area contributed by atoms with Crippen molar-refractivity contribution in [3.63, 3.8) is 0 Å². The molecule has 0 aromatic heterocycles. The monoisotopic (exact) mass is 501 g/mol. The van der Waals surface area contributed by atoms with Crippen LogP contribution in [0.1, 0.15) is 55.5 Å². The van der Waals surface area contributed by atoms with Gasteiger partial charge in [-0.3, -0.25) is 14.7 Å². The lowest BCUT2D eigenvalue weighted by molar-refractivity contribution is 0.0956. The molecule has 1 atom stereocenters. The Morgan fingerprint density at radius 2 is 1.89 bits per heavy atom. The molecule has 3 N–H and O–H groups in total. The minimum atomic E-state index is -0.0300. The number of halogens is 1. The van der Waals surface area contributed by atoms with Gasteiger partial charge >= 0.3 is 0 Å². The highest BCUT2D eigenvalue weighted by Gasteiger charge is 2.19. The average Bonchev–Trinajstić information content (AvgIpc) is 2.71. The summed E-state index contributed by atoms with van der Waals surface area (Å²) in [5.74, 6) is 0.783. The van der Waals surface area contributed by atoms with Crippen LogP contribution >= 0.6 is 24.0 Å². The molecule has 1 heterocycles. The van der Waals surface area contributed by atoms with E-state index in [4.69, 9.17) is 0 Å². The van der Waals surface area contributed by atoms with E-state index in [1.807, 2.05) is 31.2 Å². The van der Waals surface area contributed by atoms with E-state index in [1.54, 1.807) is 7.05 Å². The quantitative estimate of drug-likeness (QED) is 0.291. The van der Waals surface area contributed by atoms with Gasteiger partial charge in [0.25, 0.3) is 5.91 Å². The van der Waals surface area contributed by atoms with Gasteiger partial charge in [0.1, 0.15) is 0 Å². The van der Waals surface area contributed by atoms with Crippen molar-refractivity contribution in [2.75, 3.05) is 33.2 Å². The summed E-state index contributed by atoms with van der Waals surface area (Å²) in [4.78, 5) is 18.7. The molecule has 7 heteroatoms. The number of aliphatic imine (C=N–C) groups is 1. The molecular formula is C21H36IN5O. The lowest BCUT2D eigenvalue weighted by atomic mass is 10.0. The van der Waals surface area contributed by atoms with E-state index in [-0.39, 0.29) is 29.9 Å². The number of piperidine rings is 1. The Morgan fingerprint density at radius 3 is 2.54 bits per heavy atom. The number of benzene rings is 1. The Hall–Kier alpha value is -1.35. The van der Waals surface area contributed by atoms with Gasteiger partial charge in [-0.25, -0.2) is 0 Å². The molecule has 0 spiro atoms. The smallest absolute Gasteiger partial charge is 0.251 e. The molecule has 0 saturated carbocycles. The van der Waals surface area contributed by atoms with E-state index in [0.29, 0.717) is 18.7 Å². The zero-order chi connectivity index (χ0) is 19.5. The Kier molecular flexibility index (Phi) is 12.1. The number of guanidine groups is 1. The van der Waals surface area contributed by atoms with Gasteiger partial charge in [-0.05, 0) is 50.4 Å². The maximum atomic E-state index is 11.8. The standard InChI is InChI=1S/C21H35N5O.HI/c1-4-19-8-6-7-14-26(19)15-13-24-21(22-3)25-16-17-9-11-18(12-10-17)20(27)23-5-2;/h9-12,19H,4-8,13-16H2,1-3H3,(H,23,27)(H2,22,24,25);1H. The Balaban J connectivity index is 0.00000392. The fourth-order valence-electron chi connectivity index (χ4n) is 3.58. The zero-order valence-electron chi connectivity index (χ0n) is 17.5. The predicted octanol–water partition coefficient (Wildman–Crippen LogP) is 2.98. The van der Waals surface area contributed by atoms with Crippen LogP contribution in [0, 0.1) is 0 Å². The largest absolute Gasteiger partial charge is 0.355 e. The number of likely N-dealkylation sites (tertiary alicyclic amines) is 1. The summed E-state index contributed by atoms with van der Waals surface area (Å²) >= 11 is 0. The van der Waals surface area contributed by atoms with E-state index >= 15 is 0 Å². The van der Waals surface area contributed by atoms with Gasteiger partial charge in [-0.1, -0.05) is 25.5 Å². The first-order chi connectivity index (χ1) is 13.2. The SMILES string of the molecule is CCNC(=O)c1ccc(CNC(=NC)NCCN2CCCCC2CC)cc1.I. The van der Waals surface area contributed by atoms with E-state index < -0.39 is 0 Å². The fourth-order valence-corrected chi connectivity index (χ4v) is 3.58. The van der Waals surface area contributed by atoms with Crippen LogP contribution in [0.2, 0.25) is 0 Å². The molecule has 2 rings (SSSR count). The summed E-state index contributed by atoms with van der Waals surface area (Å²) in [6, 6.07) is 8.41. The molecule has 1 aromatic rings. The minimum Gasteiger partial charge on any atom is -0.355 e. The second-order valence-corrected chi connectivity index (χ2v) is 7.00. The normalized spacial score (nSPS) is 17.5. The molecule has 158 valence electrons. The van der Waals surface area contributed by atoms with Gasteiger partial charge in [-0.2, -0.15) is 0 Å². The fraction of sp³-hybridized carbons (Fsp3) is 0.619. The van der Waals surface area contributed by atoms with Crippen LogP contribution in [0.4, 0.5) is 0 Å². The molecule has 0 bridgehead atoms. The second kappa shape index (κ2) is 13.8. The van der Waals surface area contributed by atoms with Crippen molar-refractivity contribution in [2.24, 2.45) is 4.99 Å². The molecule has 1 fully saturated rings. The summed E-state index contributed by atoms with van der Waals surface area (Å²) in [6.07, 6.45) is 5.25. The third-order valence-electron chi connectivity index (χ3n) is 5.15. The van der Waals surface area contributed by atoms with Crippen LogP contribution in [0.3, 0.4) is 0 Å². The lowest BCUT2D eigenvalue weighted by Gasteiger charge is -2.35. The van der Waals surface area contributed by atoms with Crippen LogP contribution in [0.25, 0.3) is 0 Å². The highest BCUT2D eigenvalue weighted by molar-refractivity contribution is 14.0. The van der Waals surface area contributed by atoms with E-state index in [9.17, 15) is 4.79 Å². The Labute approximate surface area is 187 Å². The summed E-state index contributed by atoms with van der Waals surface area (Å²) in [5.41, 5.74) is 1.81. The van der Waals surface area contributed by atoms with Crippen molar-refractivity contribution in [2.45, 2.75) is 52.1 Å². The Morgan fingerprint density at radius 1 is 1.14 bits per heavy atom. The molecule has 0 radical (unpaired) electrons. The van der Waals surface area contributed by atoms with Gasteiger partial charge < -0.3 is 16.0 Å². The highest BCUT2D eigenvalue weighted by Crippen LogP contribution is 2.18. The minimum absolute atomic E-state index is 0. The molecule has 0 aliphatic carbocycles. The van der Waals surface area contributed by atoms with E-state index in [2.05, 4.69) is 32.8 Å². The molecular weight excluding hydrogens is 465 g/mol. The second-order valence-electron chi connectivity index (χ2n) is 7.00. The van der Waals surface area contributed by atoms with Gasteiger partial charge in [0, 0.05) is 44.8 Å². The van der Waals surface area contributed by atoms with E-state index in [1.165, 1.54) is 32.2 Å². The molecule has 1 aliphatic rings. The third-order valence-corrected chi connectivity index (χ3v) is 5.15. The zero-order valence-corrected chi connectivity index (χ0v) is 19.8. The first-order valence-electron chi connectivity index (χ1n) is 10.2. The van der Waals surface area contributed by atoms with Crippen molar-refractivity contribution in [1.82, 2.24) is 20.9 Å². The number of hydrogen-bond donors (Lipinski definition) is 3. The van der Waals surface area contributed by atoms with Crippen molar-refractivity contribution in [3.05, 3.63) is 35.4 Å². The molecule has 28 heavy (non-hydrogen) atoms. The topological polar surface area (TPSA) is 68.8 Å². The van der Waals surface area contributed by atoms with Gasteiger partial charge in [0.2, 0.25) is 0 Å². The number of hydrogen-bond acceptors (Lipinski definition) is 3. The van der Waals surface area contributed by atoms with Crippen LogP contribution in [0.5, 0.6) is 0 Å². The number of nitrogens with one attached hydrogen (secondary N) is 3. The maximum Gasteiger partial charge on any atom is 0.251 e. The third kappa shape index (κ3) is 7.95. The summed E-state index contributed by atoms with van der Waals surface area (Å²) < 4.78 is 0. The van der Waals surface area contributed by atoms with Crippen LogP contribution in [-0.4, -0.2) is 56.0 Å². The van der Waals surface area contributed by atoms with Gasteiger partial charge in [0.05, 0.1) is 0 Å². The lowest BCUT2D eigenvalue weighted by Crippen LogP contribution is -2.45.